The van der Waals surface area contributed by atoms with Crippen molar-refractivity contribution in [3.63, 3.8) is 0 Å². The molecule has 0 spiro atoms. The Hall–Kier alpha value is -2.69. The van der Waals surface area contributed by atoms with Crippen LogP contribution in [0.2, 0.25) is 0 Å². The van der Waals surface area contributed by atoms with Crippen molar-refractivity contribution < 1.29 is 23.7 Å². The van der Waals surface area contributed by atoms with Crippen LogP contribution in [0.5, 0.6) is 23.0 Å². The molecule has 0 fully saturated rings. The zero-order valence-electron chi connectivity index (χ0n) is 13.9. The number of carbonyl (C=O) groups is 1. The van der Waals surface area contributed by atoms with E-state index in [0.29, 0.717) is 34.1 Å². The van der Waals surface area contributed by atoms with Gasteiger partial charge in [0, 0.05) is 11.1 Å². The minimum atomic E-state index is -0.121. The van der Waals surface area contributed by atoms with Gasteiger partial charge < -0.3 is 18.9 Å². The van der Waals surface area contributed by atoms with Gasteiger partial charge in [-0.25, -0.2) is 0 Å². The fourth-order valence-corrected chi connectivity index (χ4v) is 2.36. The van der Waals surface area contributed by atoms with Gasteiger partial charge in [-0.15, -0.1) is 0 Å². The molecule has 0 aliphatic carbocycles. The molecule has 2 aromatic rings. The monoisotopic (exact) mass is 316 g/mol. The Balaban J connectivity index is 2.48. The Bertz CT molecular complexity index is 722. The molecule has 0 saturated carbocycles. The van der Waals surface area contributed by atoms with Crippen LogP contribution in [0.4, 0.5) is 0 Å². The molecular formula is C18H20O5. The molecule has 2 rings (SSSR count). The molecule has 23 heavy (non-hydrogen) atoms. The fraction of sp³-hybridized carbons (Fsp3) is 0.278. The Morgan fingerprint density at radius 3 is 1.83 bits per heavy atom. The van der Waals surface area contributed by atoms with Crippen molar-refractivity contribution in [1.82, 2.24) is 0 Å². The molecule has 0 aromatic heterocycles. The van der Waals surface area contributed by atoms with E-state index in [0.717, 1.165) is 5.56 Å². The quantitative estimate of drug-likeness (QED) is 0.766. The molecule has 0 unspecified atom stereocenters. The maximum Gasteiger partial charge on any atom is 0.193 e. The molecular weight excluding hydrogens is 296 g/mol. The zero-order chi connectivity index (χ0) is 17.0. The third-order valence-corrected chi connectivity index (χ3v) is 3.62. The summed E-state index contributed by atoms with van der Waals surface area (Å²) >= 11 is 0. The molecule has 2 aromatic carbocycles. The SMILES string of the molecule is COc1ccc(C(=O)c2cc(OC)c(OC)cc2C)cc1OC. The summed E-state index contributed by atoms with van der Waals surface area (Å²) in [6.45, 7) is 1.86. The van der Waals surface area contributed by atoms with Gasteiger partial charge in [-0.05, 0) is 42.8 Å². The van der Waals surface area contributed by atoms with Crippen molar-refractivity contribution in [3.05, 3.63) is 47.0 Å². The summed E-state index contributed by atoms with van der Waals surface area (Å²) in [5.41, 5.74) is 1.87. The number of rotatable bonds is 6. The number of benzene rings is 2. The van der Waals surface area contributed by atoms with Gasteiger partial charge >= 0.3 is 0 Å². The molecule has 5 nitrogen and oxygen atoms in total. The van der Waals surface area contributed by atoms with E-state index >= 15 is 0 Å². The molecule has 122 valence electrons. The van der Waals surface area contributed by atoms with Crippen molar-refractivity contribution in [2.45, 2.75) is 6.92 Å². The van der Waals surface area contributed by atoms with Crippen LogP contribution in [0.1, 0.15) is 21.5 Å². The molecule has 5 heteroatoms. The Labute approximate surface area is 135 Å². The third-order valence-electron chi connectivity index (χ3n) is 3.62. The summed E-state index contributed by atoms with van der Waals surface area (Å²) < 4.78 is 21.0. The lowest BCUT2D eigenvalue weighted by molar-refractivity contribution is 0.103. The van der Waals surface area contributed by atoms with Crippen LogP contribution in [0.15, 0.2) is 30.3 Å². The second-order valence-electron chi connectivity index (χ2n) is 4.92. The van der Waals surface area contributed by atoms with Crippen LogP contribution in [0, 0.1) is 6.92 Å². The second-order valence-corrected chi connectivity index (χ2v) is 4.92. The molecule has 0 aliphatic rings. The first kappa shape index (κ1) is 16.7. The summed E-state index contributed by atoms with van der Waals surface area (Å²) in [6.07, 6.45) is 0. The highest BCUT2D eigenvalue weighted by molar-refractivity contribution is 6.10. The number of hydrogen-bond acceptors (Lipinski definition) is 5. The first-order chi connectivity index (χ1) is 11.0. The van der Waals surface area contributed by atoms with Crippen molar-refractivity contribution in [1.29, 1.82) is 0 Å². The zero-order valence-corrected chi connectivity index (χ0v) is 13.9. The van der Waals surface area contributed by atoms with Gasteiger partial charge in [-0.2, -0.15) is 0 Å². The summed E-state index contributed by atoms with van der Waals surface area (Å²) in [5, 5.41) is 0. The molecule has 0 amide bonds. The van der Waals surface area contributed by atoms with E-state index in [1.54, 1.807) is 44.6 Å². The van der Waals surface area contributed by atoms with Gasteiger partial charge in [-0.3, -0.25) is 4.79 Å². The fourth-order valence-electron chi connectivity index (χ4n) is 2.36. The number of ketones is 1. The number of ether oxygens (including phenoxy) is 4. The first-order valence-corrected chi connectivity index (χ1v) is 7.05. The normalized spacial score (nSPS) is 10.1. The highest BCUT2D eigenvalue weighted by atomic mass is 16.5. The van der Waals surface area contributed by atoms with Gasteiger partial charge in [0.25, 0.3) is 0 Å². The number of methoxy groups -OCH3 is 4. The molecule has 0 atom stereocenters. The average molecular weight is 316 g/mol. The Morgan fingerprint density at radius 1 is 0.739 bits per heavy atom. The molecule has 0 radical (unpaired) electrons. The van der Waals surface area contributed by atoms with Crippen LogP contribution >= 0.6 is 0 Å². The van der Waals surface area contributed by atoms with Crippen molar-refractivity contribution in [3.8, 4) is 23.0 Å². The molecule has 0 bridgehead atoms. The highest BCUT2D eigenvalue weighted by Crippen LogP contribution is 2.33. The van der Waals surface area contributed by atoms with Crippen LogP contribution in [0.3, 0.4) is 0 Å². The van der Waals surface area contributed by atoms with Gasteiger partial charge in [0.05, 0.1) is 28.4 Å². The minimum absolute atomic E-state index is 0.121. The van der Waals surface area contributed by atoms with E-state index in [1.807, 2.05) is 6.92 Å². The maximum absolute atomic E-state index is 12.8. The predicted octanol–water partition coefficient (Wildman–Crippen LogP) is 3.26. The maximum atomic E-state index is 12.8. The van der Waals surface area contributed by atoms with Gasteiger partial charge in [-0.1, -0.05) is 0 Å². The lowest BCUT2D eigenvalue weighted by Crippen LogP contribution is -2.06. The predicted molar refractivity (Wildman–Crippen MR) is 87.3 cm³/mol. The van der Waals surface area contributed by atoms with Crippen LogP contribution in [-0.4, -0.2) is 34.2 Å². The highest BCUT2D eigenvalue weighted by Gasteiger charge is 2.17. The van der Waals surface area contributed by atoms with Crippen LogP contribution < -0.4 is 18.9 Å². The smallest absolute Gasteiger partial charge is 0.193 e. The largest absolute Gasteiger partial charge is 0.493 e. The molecule has 0 saturated heterocycles. The first-order valence-electron chi connectivity index (χ1n) is 7.05. The van der Waals surface area contributed by atoms with Gasteiger partial charge in [0.2, 0.25) is 0 Å². The summed E-state index contributed by atoms with van der Waals surface area (Å²) in [4.78, 5) is 12.8. The minimum Gasteiger partial charge on any atom is -0.493 e. The summed E-state index contributed by atoms with van der Waals surface area (Å²) in [6, 6.07) is 8.55. The van der Waals surface area contributed by atoms with Gasteiger partial charge in [0.1, 0.15) is 0 Å². The number of aryl methyl sites for hydroxylation is 1. The van der Waals surface area contributed by atoms with Crippen molar-refractivity contribution in [2.24, 2.45) is 0 Å². The van der Waals surface area contributed by atoms with Crippen LogP contribution in [-0.2, 0) is 0 Å². The molecule has 0 N–H and O–H groups in total. The summed E-state index contributed by atoms with van der Waals surface area (Å²) in [7, 11) is 6.19. The lowest BCUT2D eigenvalue weighted by Gasteiger charge is -2.13. The van der Waals surface area contributed by atoms with Crippen LogP contribution in [0.25, 0.3) is 0 Å². The average Bonchev–Trinajstić information content (AvgIpc) is 2.60. The van der Waals surface area contributed by atoms with Crippen molar-refractivity contribution >= 4 is 5.78 Å². The molecule has 0 heterocycles. The standard InChI is InChI=1S/C18H20O5/c1-11-8-15(21-3)17(23-5)10-13(11)18(19)12-6-7-14(20-2)16(9-12)22-4/h6-10H,1-5H3. The van der Waals surface area contributed by atoms with E-state index in [1.165, 1.54) is 14.2 Å². The van der Waals surface area contributed by atoms with Gasteiger partial charge in [0.15, 0.2) is 28.8 Å². The second kappa shape index (κ2) is 7.05. The van der Waals surface area contributed by atoms with E-state index in [-0.39, 0.29) is 5.78 Å². The number of hydrogen-bond donors (Lipinski definition) is 0. The topological polar surface area (TPSA) is 54.0 Å². The molecule has 0 aliphatic heterocycles. The van der Waals surface area contributed by atoms with Crippen molar-refractivity contribution in [2.75, 3.05) is 28.4 Å². The Kier molecular flexibility index (Phi) is 5.11. The Morgan fingerprint density at radius 2 is 1.26 bits per heavy atom. The van der Waals surface area contributed by atoms with E-state index < -0.39 is 0 Å². The summed E-state index contributed by atoms with van der Waals surface area (Å²) in [5.74, 6) is 2.07. The van der Waals surface area contributed by atoms with E-state index in [4.69, 9.17) is 18.9 Å². The number of carbonyl (C=O) groups excluding carboxylic acids is 1. The van der Waals surface area contributed by atoms with E-state index in [2.05, 4.69) is 0 Å². The third kappa shape index (κ3) is 3.23. The van der Waals surface area contributed by atoms with E-state index in [9.17, 15) is 4.79 Å². The lowest BCUT2D eigenvalue weighted by atomic mass is 9.98.